The number of aliphatic carboxylic acids is 1. The Morgan fingerprint density at radius 1 is 1.40 bits per heavy atom. The largest absolute Gasteiger partial charge is 0.473 e. The van der Waals surface area contributed by atoms with Crippen LogP contribution >= 0.6 is 0 Å². The summed E-state index contributed by atoms with van der Waals surface area (Å²) in [6, 6.07) is 0. The third-order valence-corrected chi connectivity index (χ3v) is 0.478. The molecule has 5 nitrogen and oxygen atoms in total. The number of esters is 2. The molecule has 52 valence electrons. The van der Waals surface area contributed by atoms with Crippen molar-refractivity contribution in [3.63, 3.8) is 0 Å². The fourth-order valence-corrected chi connectivity index (χ4v) is 0.157. The number of ether oxygens (including phenoxy) is 1. The second kappa shape index (κ2) is 3.25. The van der Waals surface area contributed by atoms with Gasteiger partial charge in [-0.1, -0.05) is 0 Å². The van der Waals surface area contributed by atoms with Crippen molar-refractivity contribution in [1.29, 1.82) is 0 Å². The maximum Gasteiger partial charge on any atom is 0.425 e. The fourth-order valence-electron chi connectivity index (χ4n) is 0.157. The van der Waals surface area contributed by atoms with Crippen LogP contribution in [0.1, 0.15) is 0 Å². The van der Waals surface area contributed by atoms with E-state index in [0.717, 1.165) is 0 Å². The summed E-state index contributed by atoms with van der Waals surface area (Å²) in [7, 11) is 0. The molecule has 0 fully saturated rings. The monoisotopic (exact) mass is 142 g/mol. The first-order valence-corrected chi connectivity index (χ1v) is 2.03. The Labute approximate surface area is 55.6 Å². The predicted molar refractivity (Wildman–Crippen MR) is 27.6 cm³/mol. The summed E-state index contributed by atoms with van der Waals surface area (Å²) in [6.45, 7) is 0. The molecular formula is C5H2O5. The van der Waals surface area contributed by atoms with Gasteiger partial charge < -0.3 is 9.84 Å². The van der Waals surface area contributed by atoms with Crippen molar-refractivity contribution in [3.05, 3.63) is 0 Å². The standard InChI is InChI=1S/C5H2O5/c1-2-3(6)10-5(9)4(7)8/h1H,(H,7,8). The third kappa shape index (κ3) is 2.47. The van der Waals surface area contributed by atoms with Crippen molar-refractivity contribution in [2.45, 2.75) is 0 Å². The van der Waals surface area contributed by atoms with E-state index in [4.69, 9.17) is 5.11 Å². The lowest BCUT2D eigenvalue weighted by molar-refractivity contribution is -0.168. The van der Waals surface area contributed by atoms with Gasteiger partial charge in [-0.25, -0.2) is 14.4 Å². The first-order valence-electron chi connectivity index (χ1n) is 2.03. The van der Waals surface area contributed by atoms with E-state index in [2.05, 4.69) is 11.2 Å². The molecule has 0 aliphatic rings. The van der Waals surface area contributed by atoms with E-state index >= 15 is 0 Å². The Morgan fingerprint density at radius 2 is 1.90 bits per heavy atom. The van der Waals surface area contributed by atoms with Crippen LogP contribution < -0.4 is 0 Å². The number of carboxylic acid groups (broad SMARTS) is 1. The van der Waals surface area contributed by atoms with Crippen LogP contribution in [0, 0.1) is 12.3 Å². The summed E-state index contributed by atoms with van der Waals surface area (Å²) in [5.74, 6) is -3.44. The summed E-state index contributed by atoms with van der Waals surface area (Å²) >= 11 is 0. The van der Waals surface area contributed by atoms with Gasteiger partial charge in [0.15, 0.2) is 0 Å². The molecule has 0 saturated carbocycles. The first kappa shape index (κ1) is 8.17. The van der Waals surface area contributed by atoms with Crippen LogP contribution in [0.2, 0.25) is 0 Å². The van der Waals surface area contributed by atoms with Crippen molar-refractivity contribution >= 4 is 17.9 Å². The Bertz CT molecular complexity index is 221. The topological polar surface area (TPSA) is 80.7 Å². The van der Waals surface area contributed by atoms with Gasteiger partial charge in [0.1, 0.15) is 0 Å². The highest BCUT2D eigenvalue weighted by Crippen LogP contribution is 1.78. The van der Waals surface area contributed by atoms with Crippen LogP contribution in [0.15, 0.2) is 0 Å². The van der Waals surface area contributed by atoms with Gasteiger partial charge in [-0.15, -0.1) is 6.42 Å². The summed E-state index contributed by atoms with van der Waals surface area (Å²) < 4.78 is 3.55. The molecule has 0 radical (unpaired) electrons. The first-order chi connectivity index (χ1) is 4.57. The number of hydrogen-bond acceptors (Lipinski definition) is 4. The lowest BCUT2D eigenvalue weighted by atomic mass is 10.6. The molecule has 0 atom stereocenters. The second-order valence-corrected chi connectivity index (χ2v) is 1.13. The molecule has 0 spiro atoms. The SMILES string of the molecule is C#CC(=O)OC(=O)C(=O)O. The van der Waals surface area contributed by atoms with Crippen LogP contribution in [-0.2, 0) is 19.1 Å². The molecule has 0 unspecified atom stereocenters. The lowest BCUT2D eigenvalue weighted by Crippen LogP contribution is -2.19. The van der Waals surface area contributed by atoms with E-state index in [0.29, 0.717) is 0 Å². The molecular weight excluding hydrogens is 140 g/mol. The molecule has 0 heterocycles. The molecule has 5 heteroatoms. The van der Waals surface area contributed by atoms with Crippen LogP contribution in [0.4, 0.5) is 0 Å². The fraction of sp³-hybridized carbons (Fsp3) is 0. The zero-order valence-electron chi connectivity index (χ0n) is 4.66. The highest BCUT2D eigenvalue weighted by molar-refractivity contribution is 6.31. The summed E-state index contributed by atoms with van der Waals surface area (Å²) in [5, 5.41) is 7.83. The zero-order chi connectivity index (χ0) is 8.15. The Kier molecular flexibility index (Phi) is 2.65. The highest BCUT2D eigenvalue weighted by atomic mass is 16.6. The van der Waals surface area contributed by atoms with Crippen molar-refractivity contribution in [2.75, 3.05) is 0 Å². The molecule has 0 saturated heterocycles. The maximum atomic E-state index is 9.98. The van der Waals surface area contributed by atoms with E-state index in [-0.39, 0.29) is 0 Å². The summed E-state index contributed by atoms with van der Waals surface area (Å²) in [6.07, 6.45) is 4.45. The molecule has 0 aromatic heterocycles. The molecule has 0 rings (SSSR count). The predicted octanol–water partition coefficient (Wildman–Crippen LogP) is -1.23. The van der Waals surface area contributed by atoms with E-state index in [1.54, 1.807) is 0 Å². The minimum Gasteiger partial charge on any atom is -0.473 e. The quantitative estimate of drug-likeness (QED) is 0.151. The van der Waals surface area contributed by atoms with Crippen LogP contribution in [0.5, 0.6) is 0 Å². The van der Waals surface area contributed by atoms with Crippen molar-refractivity contribution in [3.8, 4) is 12.3 Å². The number of carbonyl (C=O) groups is 3. The number of rotatable bonds is 0. The average Bonchev–Trinajstić information content (AvgIpc) is 1.87. The van der Waals surface area contributed by atoms with Crippen LogP contribution in [0.25, 0.3) is 0 Å². The van der Waals surface area contributed by atoms with Gasteiger partial charge in [-0.2, -0.15) is 0 Å². The second-order valence-electron chi connectivity index (χ2n) is 1.13. The van der Waals surface area contributed by atoms with E-state index < -0.39 is 17.9 Å². The summed E-state index contributed by atoms with van der Waals surface area (Å²) in [4.78, 5) is 29.6. The maximum absolute atomic E-state index is 9.98. The van der Waals surface area contributed by atoms with Gasteiger partial charge in [0, 0.05) is 5.92 Å². The minimum absolute atomic E-state index is 1.31. The highest BCUT2D eigenvalue weighted by Gasteiger charge is 2.15. The smallest absolute Gasteiger partial charge is 0.425 e. The third-order valence-electron chi connectivity index (χ3n) is 0.478. The molecule has 0 bridgehead atoms. The van der Waals surface area contributed by atoms with Crippen molar-refractivity contribution in [2.24, 2.45) is 0 Å². The van der Waals surface area contributed by atoms with Gasteiger partial charge in [-0.3, -0.25) is 0 Å². The number of terminal acetylenes is 1. The normalized spacial score (nSPS) is 7.50. The van der Waals surface area contributed by atoms with E-state index in [9.17, 15) is 14.4 Å². The van der Waals surface area contributed by atoms with Crippen LogP contribution in [-0.4, -0.2) is 23.0 Å². The zero-order valence-corrected chi connectivity index (χ0v) is 4.66. The van der Waals surface area contributed by atoms with Gasteiger partial charge in [0.2, 0.25) is 0 Å². The molecule has 0 amide bonds. The number of hydrogen-bond donors (Lipinski definition) is 1. The molecule has 0 aromatic rings. The minimum atomic E-state index is -1.86. The number of carbonyl (C=O) groups excluding carboxylic acids is 2. The number of carboxylic acids is 1. The Hall–Kier alpha value is -1.83. The van der Waals surface area contributed by atoms with Crippen LogP contribution in [0.3, 0.4) is 0 Å². The van der Waals surface area contributed by atoms with Gasteiger partial charge in [-0.05, 0) is 0 Å². The van der Waals surface area contributed by atoms with E-state index in [1.165, 1.54) is 5.92 Å². The average molecular weight is 142 g/mol. The Morgan fingerprint density at radius 3 is 2.20 bits per heavy atom. The molecule has 1 N–H and O–H groups in total. The molecule has 0 aliphatic carbocycles. The van der Waals surface area contributed by atoms with Gasteiger partial charge in [0.25, 0.3) is 0 Å². The molecule has 0 aromatic carbocycles. The molecule has 10 heavy (non-hydrogen) atoms. The van der Waals surface area contributed by atoms with Crippen molar-refractivity contribution in [1.82, 2.24) is 0 Å². The van der Waals surface area contributed by atoms with Gasteiger partial charge >= 0.3 is 17.9 Å². The van der Waals surface area contributed by atoms with Crippen molar-refractivity contribution < 1.29 is 24.2 Å². The Balaban J connectivity index is 3.96. The van der Waals surface area contributed by atoms with Gasteiger partial charge in [0.05, 0.1) is 0 Å². The van der Waals surface area contributed by atoms with E-state index in [1.807, 2.05) is 0 Å². The molecule has 0 aliphatic heterocycles. The lowest BCUT2D eigenvalue weighted by Gasteiger charge is -1.89. The summed E-state index contributed by atoms with van der Waals surface area (Å²) in [5.41, 5.74) is 0.